The Bertz CT molecular complexity index is 1300. The van der Waals surface area contributed by atoms with E-state index < -0.39 is 23.4 Å². The summed E-state index contributed by atoms with van der Waals surface area (Å²) in [6, 6.07) is 1.55. The van der Waals surface area contributed by atoms with E-state index in [1.54, 1.807) is 22.3 Å². The number of halogens is 1. The number of carboxylic acid groups (broad SMARTS) is 1. The molecule has 1 atom stereocenters. The van der Waals surface area contributed by atoms with Crippen LogP contribution >= 0.6 is 11.3 Å². The molecule has 3 aromatic heterocycles. The Labute approximate surface area is 200 Å². The Hall–Kier alpha value is -3.11. The first-order valence-corrected chi connectivity index (χ1v) is 12.1. The Kier molecular flexibility index (Phi) is 7.08. The first-order valence-electron chi connectivity index (χ1n) is 11.2. The fourth-order valence-electron chi connectivity index (χ4n) is 4.02. The molecule has 1 N–H and O–H groups in total. The van der Waals surface area contributed by atoms with Crippen molar-refractivity contribution < 1.29 is 19.4 Å². The molecule has 0 amide bonds. The smallest absolute Gasteiger partial charge is 0.267 e. The summed E-state index contributed by atoms with van der Waals surface area (Å²) in [5.41, 5.74) is 1.09. The van der Waals surface area contributed by atoms with Gasteiger partial charge in [-0.15, -0.1) is 11.3 Å². The normalized spacial score (nSPS) is 16.7. The van der Waals surface area contributed by atoms with Gasteiger partial charge in [-0.1, -0.05) is 13.8 Å². The van der Waals surface area contributed by atoms with Crippen LogP contribution in [0, 0.1) is 5.82 Å². The number of fused-ring (bicyclic) bond motifs is 1. The molecule has 180 valence electrons. The lowest BCUT2D eigenvalue weighted by molar-refractivity contribution is -0.297. The van der Waals surface area contributed by atoms with Gasteiger partial charge in [-0.05, 0) is 49.0 Å². The van der Waals surface area contributed by atoms with Gasteiger partial charge in [0.1, 0.15) is 17.3 Å². The first kappa shape index (κ1) is 24.0. The average molecular weight is 486 g/mol. The number of nitrogens with zero attached hydrogens (tertiary/aromatic N) is 4. The maximum atomic E-state index is 14.9. The van der Waals surface area contributed by atoms with Crippen LogP contribution in [0.15, 0.2) is 28.5 Å². The summed E-state index contributed by atoms with van der Waals surface area (Å²) in [5, 5.41) is 24.0. The number of aliphatic hydroxyl groups is 1. The number of hydrogen-bond donors (Lipinski definition) is 1. The molecule has 0 saturated carbocycles. The van der Waals surface area contributed by atoms with Crippen LogP contribution < -0.4 is 15.6 Å². The molecular formula is C24H26FN4O4S-. The molecule has 10 heteroatoms. The number of piperidine rings is 1. The molecule has 4 heterocycles. The fourth-order valence-corrected chi connectivity index (χ4v) is 4.98. The van der Waals surface area contributed by atoms with Gasteiger partial charge in [0.05, 0.1) is 34.5 Å². The maximum absolute atomic E-state index is 14.9. The number of β-amino-alcohol motifs (C(OH)–C–C–N with tert-alkyl or cyclic N) is 1. The number of aliphatic hydroxyl groups excluding tert-OH is 1. The molecule has 34 heavy (non-hydrogen) atoms. The predicted octanol–water partition coefficient (Wildman–Crippen LogP) is 1.92. The van der Waals surface area contributed by atoms with Crippen molar-refractivity contribution in [3.63, 3.8) is 0 Å². The van der Waals surface area contributed by atoms with Crippen molar-refractivity contribution in [3.05, 3.63) is 61.7 Å². The number of aliphatic carboxylic acids is 1. The topological polar surface area (TPSA) is 111 Å². The largest absolute Gasteiger partial charge is 0.545 e. The zero-order valence-corrected chi connectivity index (χ0v) is 19.8. The Morgan fingerprint density at radius 3 is 2.85 bits per heavy atom. The molecule has 1 saturated heterocycles. The van der Waals surface area contributed by atoms with E-state index in [0.29, 0.717) is 43.7 Å². The number of rotatable bonds is 7. The number of pyridine rings is 1. The lowest BCUT2D eigenvalue weighted by Crippen LogP contribution is -2.40. The van der Waals surface area contributed by atoms with Crippen molar-refractivity contribution in [2.75, 3.05) is 18.0 Å². The molecule has 1 unspecified atom stereocenters. The quantitative estimate of drug-likeness (QED) is 0.509. The van der Waals surface area contributed by atoms with E-state index in [1.165, 1.54) is 0 Å². The molecule has 0 bridgehead atoms. The van der Waals surface area contributed by atoms with Gasteiger partial charge in [-0.25, -0.2) is 14.4 Å². The molecular weight excluding hydrogens is 459 g/mol. The summed E-state index contributed by atoms with van der Waals surface area (Å²) in [4.78, 5) is 35.1. The van der Waals surface area contributed by atoms with Gasteiger partial charge in [-0.2, -0.15) is 0 Å². The van der Waals surface area contributed by atoms with E-state index in [1.807, 2.05) is 5.38 Å². The number of carbonyl (C=O) groups is 1. The van der Waals surface area contributed by atoms with Gasteiger partial charge in [0, 0.05) is 24.9 Å². The SMILES string of the molecule is CC(C)c1csc(CCc2cc3nc(N4CCCC(O)C4)c(/C=C/C(=O)[O-])c(=O)n3cc2F)n1. The first-order chi connectivity index (χ1) is 16.2. The van der Waals surface area contributed by atoms with Crippen molar-refractivity contribution in [3.8, 4) is 0 Å². The fraction of sp³-hybridized carbons (Fsp3) is 0.417. The highest BCUT2D eigenvalue weighted by Gasteiger charge is 2.23. The predicted molar refractivity (Wildman–Crippen MR) is 127 cm³/mol. The van der Waals surface area contributed by atoms with Crippen molar-refractivity contribution in [2.45, 2.75) is 51.6 Å². The molecule has 1 aliphatic heterocycles. The molecule has 4 rings (SSSR count). The maximum Gasteiger partial charge on any atom is 0.267 e. The monoisotopic (exact) mass is 485 g/mol. The van der Waals surface area contributed by atoms with Crippen LogP contribution in [-0.4, -0.2) is 44.6 Å². The number of thiazole rings is 1. The number of aryl methyl sites for hydroxylation is 2. The summed E-state index contributed by atoms with van der Waals surface area (Å²) >= 11 is 1.54. The number of anilines is 1. The second-order valence-electron chi connectivity index (χ2n) is 8.74. The molecule has 0 spiro atoms. The Morgan fingerprint density at radius 2 is 2.18 bits per heavy atom. The third-order valence-corrected chi connectivity index (χ3v) is 6.79. The van der Waals surface area contributed by atoms with Crippen LogP contribution in [-0.2, 0) is 17.6 Å². The van der Waals surface area contributed by atoms with Crippen molar-refractivity contribution in [1.82, 2.24) is 14.4 Å². The van der Waals surface area contributed by atoms with E-state index >= 15 is 0 Å². The number of carboxylic acids is 1. The minimum Gasteiger partial charge on any atom is -0.545 e. The van der Waals surface area contributed by atoms with Crippen LogP contribution in [0.5, 0.6) is 0 Å². The highest BCUT2D eigenvalue weighted by atomic mass is 32.1. The summed E-state index contributed by atoms with van der Waals surface area (Å²) in [6.07, 6.45) is 4.67. The molecule has 3 aromatic rings. The van der Waals surface area contributed by atoms with Gasteiger partial charge < -0.3 is 19.9 Å². The van der Waals surface area contributed by atoms with Crippen LogP contribution in [0.2, 0.25) is 0 Å². The van der Waals surface area contributed by atoms with Crippen LogP contribution in [0.1, 0.15) is 54.4 Å². The zero-order valence-electron chi connectivity index (χ0n) is 19.0. The van der Waals surface area contributed by atoms with Gasteiger partial charge in [0.25, 0.3) is 5.56 Å². The number of carbonyl (C=O) groups excluding carboxylic acids is 1. The van der Waals surface area contributed by atoms with E-state index in [9.17, 15) is 24.2 Å². The summed E-state index contributed by atoms with van der Waals surface area (Å²) in [6.45, 7) is 4.97. The van der Waals surface area contributed by atoms with Gasteiger partial charge in [0.15, 0.2) is 0 Å². The number of hydrogen-bond acceptors (Lipinski definition) is 8. The van der Waals surface area contributed by atoms with E-state index in [-0.39, 0.29) is 23.6 Å². The molecule has 1 fully saturated rings. The second kappa shape index (κ2) is 10.0. The third kappa shape index (κ3) is 5.18. The lowest BCUT2D eigenvalue weighted by Gasteiger charge is -2.32. The summed E-state index contributed by atoms with van der Waals surface area (Å²) in [5.74, 6) is -1.42. The summed E-state index contributed by atoms with van der Waals surface area (Å²) < 4.78 is 16.0. The standard InChI is InChI=1S/C24H27FN4O4S/c1-14(2)19-13-34-21(26-19)7-5-15-10-20-27-23(28-9-3-4-16(30)11-28)17(6-8-22(31)32)24(33)29(20)12-18(15)25/h6,8,10,12-14,16,30H,3-5,7,9,11H2,1-2H3,(H,31,32)/p-1/b8-6+. The summed E-state index contributed by atoms with van der Waals surface area (Å²) in [7, 11) is 0. The van der Waals surface area contributed by atoms with E-state index in [4.69, 9.17) is 0 Å². The van der Waals surface area contributed by atoms with Gasteiger partial charge in [0.2, 0.25) is 0 Å². The minimum atomic E-state index is -1.46. The van der Waals surface area contributed by atoms with Gasteiger partial charge in [-0.3, -0.25) is 9.20 Å². The zero-order chi connectivity index (χ0) is 24.4. The molecule has 0 radical (unpaired) electrons. The van der Waals surface area contributed by atoms with Gasteiger partial charge >= 0.3 is 0 Å². The molecule has 8 nitrogen and oxygen atoms in total. The third-order valence-electron chi connectivity index (χ3n) is 5.86. The molecule has 1 aliphatic rings. The molecule has 0 aromatic carbocycles. The van der Waals surface area contributed by atoms with Crippen LogP contribution in [0.4, 0.5) is 10.2 Å². The average Bonchev–Trinajstić information content (AvgIpc) is 3.27. The highest BCUT2D eigenvalue weighted by molar-refractivity contribution is 7.09. The van der Waals surface area contributed by atoms with Crippen molar-refractivity contribution >= 4 is 34.8 Å². The van der Waals surface area contributed by atoms with Crippen LogP contribution in [0.3, 0.4) is 0 Å². The van der Waals surface area contributed by atoms with Crippen molar-refractivity contribution in [2.24, 2.45) is 0 Å². The van der Waals surface area contributed by atoms with E-state index in [2.05, 4.69) is 23.8 Å². The van der Waals surface area contributed by atoms with E-state index in [0.717, 1.165) is 33.5 Å². The van der Waals surface area contributed by atoms with Crippen molar-refractivity contribution in [1.29, 1.82) is 0 Å². The molecule has 0 aliphatic carbocycles. The Morgan fingerprint density at radius 1 is 1.38 bits per heavy atom. The highest BCUT2D eigenvalue weighted by Crippen LogP contribution is 2.24. The lowest BCUT2D eigenvalue weighted by atomic mass is 10.1. The second-order valence-corrected chi connectivity index (χ2v) is 9.69. The van der Waals surface area contributed by atoms with Crippen LogP contribution in [0.25, 0.3) is 11.7 Å². The number of aromatic nitrogens is 3. The minimum absolute atomic E-state index is 0.00644. The Balaban J connectivity index is 1.73.